The van der Waals surface area contributed by atoms with Crippen molar-refractivity contribution in [1.82, 2.24) is 5.32 Å². The zero-order valence-electron chi connectivity index (χ0n) is 12.7. The lowest BCUT2D eigenvalue weighted by atomic mass is 10.0. The topological polar surface area (TPSA) is 15.3 Å². The molecule has 1 aromatic carbocycles. The van der Waals surface area contributed by atoms with E-state index >= 15 is 0 Å². The van der Waals surface area contributed by atoms with E-state index in [9.17, 15) is 0 Å². The number of nitrogens with zero attached hydrogens (tertiary/aromatic N) is 1. The van der Waals surface area contributed by atoms with Crippen molar-refractivity contribution in [3.05, 3.63) is 29.8 Å². The Bertz CT molecular complexity index is 363. The highest BCUT2D eigenvalue weighted by Gasteiger charge is 2.19. The van der Waals surface area contributed by atoms with Crippen LogP contribution in [0.4, 0.5) is 5.69 Å². The van der Waals surface area contributed by atoms with Crippen molar-refractivity contribution >= 4 is 5.69 Å². The van der Waals surface area contributed by atoms with Gasteiger partial charge in [0.2, 0.25) is 0 Å². The number of piperidine rings is 1. The molecule has 2 nitrogen and oxygen atoms in total. The van der Waals surface area contributed by atoms with Gasteiger partial charge in [-0.15, -0.1) is 0 Å². The molecule has 2 rings (SSSR count). The van der Waals surface area contributed by atoms with Gasteiger partial charge < -0.3 is 10.2 Å². The molecule has 0 amide bonds. The molecule has 2 heteroatoms. The van der Waals surface area contributed by atoms with Gasteiger partial charge in [-0.1, -0.05) is 26.0 Å². The smallest absolute Gasteiger partial charge is 0.0414 e. The second kappa shape index (κ2) is 6.95. The van der Waals surface area contributed by atoms with Gasteiger partial charge in [-0.05, 0) is 56.3 Å². The number of benzene rings is 1. The summed E-state index contributed by atoms with van der Waals surface area (Å²) in [5.41, 5.74) is 2.83. The van der Waals surface area contributed by atoms with Gasteiger partial charge >= 0.3 is 0 Å². The van der Waals surface area contributed by atoms with Crippen molar-refractivity contribution in [3.8, 4) is 0 Å². The second-order valence-electron chi connectivity index (χ2n) is 6.05. The van der Waals surface area contributed by atoms with E-state index in [0.29, 0.717) is 6.04 Å². The molecule has 1 unspecified atom stereocenters. The van der Waals surface area contributed by atoms with Gasteiger partial charge in [0.15, 0.2) is 0 Å². The molecule has 106 valence electrons. The highest BCUT2D eigenvalue weighted by atomic mass is 15.2. The van der Waals surface area contributed by atoms with Crippen LogP contribution >= 0.6 is 0 Å². The van der Waals surface area contributed by atoms with Crippen LogP contribution in [-0.4, -0.2) is 25.7 Å². The van der Waals surface area contributed by atoms with Crippen LogP contribution in [0.3, 0.4) is 0 Å². The predicted molar refractivity (Wildman–Crippen MR) is 83.9 cm³/mol. The van der Waals surface area contributed by atoms with Crippen molar-refractivity contribution in [2.45, 2.75) is 46.1 Å². The van der Waals surface area contributed by atoms with E-state index in [1.807, 2.05) is 0 Å². The van der Waals surface area contributed by atoms with Gasteiger partial charge in [-0.3, -0.25) is 0 Å². The number of nitrogens with one attached hydrogen (secondary N) is 1. The molecule has 19 heavy (non-hydrogen) atoms. The molecule has 0 aliphatic carbocycles. The van der Waals surface area contributed by atoms with Crippen molar-refractivity contribution in [3.63, 3.8) is 0 Å². The zero-order chi connectivity index (χ0) is 13.7. The summed E-state index contributed by atoms with van der Waals surface area (Å²) in [6.07, 6.45) is 3.79. The minimum atomic E-state index is 0.662. The molecule has 0 saturated carbocycles. The fourth-order valence-corrected chi connectivity index (χ4v) is 3.05. The third-order valence-corrected chi connectivity index (χ3v) is 3.96. The maximum absolute atomic E-state index is 3.52. The third-order valence-electron chi connectivity index (χ3n) is 3.96. The first-order chi connectivity index (χ1) is 9.20. The van der Waals surface area contributed by atoms with E-state index in [0.717, 1.165) is 19.0 Å². The molecule has 0 aromatic heterocycles. The fraction of sp³-hybridized carbons (Fsp3) is 0.647. The average molecular weight is 260 g/mol. The summed E-state index contributed by atoms with van der Waals surface area (Å²) in [6.45, 7) is 10.2. The molecule has 1 saturated heterocycles. The summed E-state index contributed by atoms with van der Waals surface area (Å²) in [7, 11) is 0. The Balaban J connectivity index is 2.05. The Morgan fingerprint density at radius 1 is 1.26 bits per heavy atom. The minimum Gasteiger partial charge on any atom is -0.368 e. The molecule has 1 fully saturated rings. The summed E-state index contributed by atoms with van der Waals surface area (Å²) in [5.74, 6) is 0.732. The summed E-state index contributed by atoms with van der Waals surface area (Å²) in [5, 5.41) is 3.52. The van der Waals surface area contributed by atoms with Crippen LogP contribution < -0.4 is 10.2 Å². The molecule has 1 aromatic rings. The second-order valence-corrected chi connectivity index (χ2v) is 6.05. The highest BCUT2D eigenvalue weighted by Crippen LogP contribution is 2.22. The van der Waals surface area contributed by atoms with Crippen molar-refractivity contribution in [2.24, 2.45) is 5.92 Å². The maximum atomic E-state index is 3.52. The largest absolute Gasteiger partial charge is 0.368 e. The van der Waals surface area contributed by atoms with Crippen LogP contribution in [0.25, 0.3) is 0 Å². The standard InChI is InChI=1S/C17H28N2/c1-4-19(17-6-5-11-18-13-17)16-9-7-15(8-10-16)12-14(2)3/h7-10,14,17-18H,4-6,11-13H2,1-3H3. The lowest BCUT2D eigenvalue weighted by Crippen LogP contribution is -2.46. The van der Waals surface area contributed by atoms with Crippen LogP contribution in [-0.2, 0) is 6.42 Å². The SMILES string of the molecule is CCN(c1ccc(CC(C)C)cc1)C1CCCNC1. The zero-order valence-corrected chi connectivity index (χ0v) is 12.7. The van der Waals surface area contributed by atoms with Gasteiger partial charge in [-0.2, -0.15) is 0 Å². The van der Waals surface area contributed by atoms with E-state index in [-0.39, 0.29) is 0 Å². The molecule has 1 atom stereocenters. The minimum absolute atomic E-state index is 0.662. The Labute approximate surface area is 118 Å². The van der Waals surface area contributed by atoms with Gasteiger partial charge in [0.25, 0.3) is 0 Å². The Morgan fingerprint density at radius 3 is 2.53 bits per heavy atom. The molecule has 0 radical (unpaired) electrons. The Hall–Kier alpha value is -1.02. The van der Waals surface area contributed by atoms with Crippen LogP contribution in [0.1, 0.15) is 39.2 Å². The maximum Gasteiger partial charge on any atom is 0.0414 e. The van der Waals surface area contributed by atoms with Gasteiger partial charge in [0.05, 0.1) is 0 Å². The van der Waals surface area contributed by atoms with Gasteiger partial charge in [0, 0.05) is 24.8 Å². The number of hydrogen-bond donors (Lipinski definition) is 1. The summed E-state index contributed by atoms with van der Waals surface area (Å²) in [6, 6.07) is 9.86. The fourth-order valence-electron chi connectivity index (χ4n) is 3.05. The molecule has 1 N–H and O–H groups in total. The lowest BCUT2D eigenvalue weighted by Gasteiger charge is -2.35. The predicted octanol–water partition coefficient (Wildman–Crippen LogP) is 3.46. The van der Waals surface area contributed by atoms with Crippen LogP contribution in [0.15, 0.2) is 24.3 Å². The number of likely N-dealkylation sites (N-methyl/N-ethyl adjacent to an activating group) is 1. The normalized spacial score (nSPS) is 19.7. The van der Waals surface area contributed by atoms with Crippen LogP contribution in [0.2, 0.25) is 0 Å². The third kappa shape index (κ3) is 3.97. The summed E-state index contributed by atoms with van der Waals surface area (Å²) >= 11 is 0. The van der Waals surface area contributed by atoms with Gasteiger partial charge in [-0.25, -0.2) is 0 Å². The van der Waals surface area contributed by atoms with Crippen LogP contribution in [0, 0.1) is 5.92 Å². The molecule has 1 aliphatic heterocycles. The van der Waals surface area contributed by atoms with E-state index in [2.05, 4.69) is 55.3 Å². The van der Waals surface area contributed by atoms with Crippen LogP contribution in [0.5, 0.6) is 0 Å². The molecule has 0 bridgehead atoms. The number of anilines is 1. The Kier molecular flexibility index (Phi) is 5.26. The first kappa shape index (κ1) is 14.4. The number of rotatable bonds is 5. The van der Waals surface area contributed by atoms with E-state index in [1.54, 1.807) is 0 Å². The Morgan fingerprint density at radius 2 is 2.00 bits per heavy atom. The first-order valence-corrected chi connectivity index (χ1v) is 7.77. The molecule has 1 aliphatic rings. The van der Waals surface area contributed by atoms with Crippen molar-refractivity contribution in [2.75, 3.05) is 24.5 Å². The lowest BCUT2D eigenvalue weighted by molar-refractivity contribution is 0.435. The first-order valence-electron chi connectivity index (χ1n) is 7.77. The average Bonchev–Trinajstić information content (AvgIpc) is 2.42. The van der Waals surface area contributed by atoms with Crippen molar-refractivity contribution < 1.29 is 0 Å². The van der Waals surface area contributed by atoms with Crippen molar-refractivity contribution in [1.29, 1.82) is 0 Å². The quantitative estimate of drug-likeness (QED) is 0.872. The summed E-state index contributed by atoms with van der Waals surface area (Å²) in [4.78, 5) is 2.55. The van der Waals surface area contributed by atoms with E-state index in [1.165, 1.54) is 37.1 Å². The molecule has 1 heterocycles. The van der Waals surface area contributed by atoms with E-state index < -0.39 is 0 Å². The molecular weight excluding hydrogens is 232 g/mol. The van der Waals surface area contributed by atoms with E-state index in [4.69, 9.17) is 0 Å². The monoisotopic (exact) mass is 260 g/mol. The highest BCUT2D eigenvalue weighted by molar-refractivity contribution is 5.48. The molecular formula is C17H28N2. The number of hydrogen-bond acceptors (Lipinski definition) is 2. The van der Waals surface area contributed by atoms with Gasteiger partial charge in [0.1, 0.15) is 0 Å². The molecule has 0 spiro atoms. The summed E-state index contributed by atoms with van der Waals surface area (Å²) < 4.78 is 0.